The van der Waals surface area contributed by atoms with Gasteiger partial charge in [-0.2, -0.15) is 12.6 Å². The molecule has 0 aromatic rings. The van der Waals surface area contributed by atoms with Crippen LogP contribution in [0.2, 0.25) is 0 Å². The molecule has 2 atom stereocenters. The van der Waals surface area contributed by atoms with E-state index in [0.717, 1.165) is 0 Å². The van der Waals surface area contributed by atoms with Gasteiger partial charge >= 0.3 is 0 Å². The first-order chi connectivity index (χ1) is 4.22. The predicted octanol–water partition coefficient (Wildman–Crippen LogP) is -0.773. The van der Waals surface area contributed by atoms with Crippen LogP contribution in [-0.2, 0) is 4.79 Å². The summed E-state index contributed by atoms with van der Waals surface area (Å²) in [5.41, 5.74) is 0. The Bertz CT molecular complexity index is 86.3. The van der Waals surface area contributed by atoms with Crippen molar-refractivity contribution < 1.29 is 15.0 Å². The molecule has 0 aromatic heterocycles. The number of aldehydes is 1. The van der Waals surface area contributed by atoms with Gasteiger partial charge in [-0.25, -0.2) is 0 Å². The highest BCUT2D eigenvalue weighted by Gasteiger charge is 2.12. The Balaban J connectivity index is 3.44. The molecule has 0 bridgehead atoms. The molecule has 54 valence electrons. The summed E-state index contributed by atoms with van der Waals surface area (Å²) in [6, 6.07) is 0. The average molecular weight is 150 g/mol. The molecule has 0 fully saturated rings. The number of carbonyl (C=O) groups excluding carboxylic acids is 1. The second-order valence-electron chi connectivity index (χ2n) is 1.72. The highest BCUT2D eigenvalue weighted by Crippen LogP contribution is 1.97. The highest BCUT2D eigenvalue weighted by molar-refractivity contribution is 7.80. The first-order valence-electron chi connectivity index (χ1n) is 2.63. The smallest absolute Gasteiger partial charge is 0.122 e. The summed E-state index contributed by atoms with van der Waals surface area (Å²) in [6.07, 6.45) is -1.31. The fraction of sp³-hybridized carbons (Fsp3) is 0.800. The molecule has 0 amide bonds. The maximum Gasteiger partial charge on any atom is 0.122 e. The maximum absolute atomic E-state index is 9.74. The average Bonchev–Trinajstić information content (AvgIpc) is 1.87. The van der Waals surface area contributed by atoms with E-state index in [-0.39, 0.29) is 12.2 Å². The lowest BCUT2D eigenvalue weighted by Gasteiger charge is -2.11. The lowest BCUT2D eigenvalue weighted by atomic mass is 10.2. The first-order valence-corrected chi connectivity index (χ1v) is 3.26. The van der Waals surface area contributed by atoms with Crippen molar-refractivity contribution in [2.75, 3.05) is 5.75 Å². The number of hydrogen-bond acceptors (Lipinski definition) is 4. The van der Waals surface area contributed by atoms with E-state index >= 15 is 0 Å². The molecule has 0 aliphatic carbocycles. The van der Waals surface area contributed by atoms with Gasteiger partial charge in [0.1, 0.15) is 6.29 Å². The lowest BCUT2D eigenvalue weighted by Crippen LogP contribution is -2.27. The number of hydrogen-bond donors (Lipinski definition) is 3. The van der Waals surface area contributed by atoms with Gasteiger partial charge in [-0.05, 0) is 0 Å². The summed E-state index contributed by atoms with van der Waals surface area (Å²) in [6.45, 7) is 0. The van der Waals surface area contributed by atoms with Crippen LogP contribution in [-0.4, -0.2) is 34.5 Å². The molecule has 0 saturated carbocycles. The van der Waals surface area contributed by atoms with Crippen LogP contribution in [0.15, 0.2) is 0 Å². The molecule has 4 heteroatoms. The minimum atomic E-state index is -0.958. The van der Waals surface area contributed by atoms with Gasteiger partial charge in [-0.15, -0.1) is 0 Å². The van der Waals surface area contributed by atoms with Crippen molar-refractivity contribution in [2.24, 2.45) is 0 Å². The topological polar surface area (TPSA) is 57.5 Å². The van der Waals surface area contributed by atoms with E-state index in [0.29, 0.717) is 6.29 Å². The van der Waals surface area contributed by atoms with E-state index in [9.17, 15) is 4.79 Å². The molecule has 0 aliphatic heterocycles. The number of rotatable bonds is 4. The zero-order valence-electron chi connectivity index (χ0n) is 4.90. The Morgan fingerprint density at radius 2 is 2.00 bits per heavy atom. The van der Waals surface area contributed by atoms with Gasteiger partial charge in [0.25, 0.3) is 0 Å². The minimum absolute atomic E-state index is 0.0261. The number of aliphatic hydroxyl groups is 2. The van der Waals surface area contributed by atoms with Gasteiger partial charge in [0.15, 0.2) is 0 Å². The Hall–Kier alpha value is -0.0600. The van der Waals surface area contributed by atoms with Gasteiger partial charge < -0.3 is 15.0 Å². The fourth-order valence-corrected chi connectivity index (χ4v) is 0.621. The quantitative estimate of drug-likeness (QED) is 0.364. The van der Waals surface area contributed by atoms with Gasteiger partial charge in [0.05, 0.1) is 12.2 Å². The summed E-state index contributed by atoms with van der Waals surface area (Å²) >= 11 is 3.72. The summed E-state index contributed by atoms with van der Waals surface area (Å²) < 4.78 is 0. The van der Waals surface area contributed by atoms with Gasteiger partial charge in [0.2, 0.25) is 0 Å². The van der Waals surface area contributed by atoms with E-state index in [1.54, 1.807) is 0 Å². The minimum Gasteiger partial charge on any atom is -0.390 e. The molecule has 0 radical (unpaired) electrons. The molecule has 0 spiro atoms. The van der Waals surface area contributed by atoms with Crippen molar-refractivity contribution in [3.05, 3.63) is 0 Å². The van der Waals surface area contributed by atoms with Crippen LogP contribution in [0.3, 0.4) is 0 Å². The molecule has 0 heterocycles. The summed E-state index contributed by atoms with van der Waals surface area (Å²) in [4.78, 5) is 9.74. The van der Waals surface area contributed by atoms with E-state index in [2.05, 4.69) is 12.6 Å². The zero-order chi connectivity index (χ0) is 7.28. The highest BCUT2D eigenvalue weighted by atomic mass is 32.1. The Kier molecular flexibility index (Phi) is 4.75. The Morgan fingerprint density at radius 1 is 1.44 bits per heavy atom. The van der Waals surface area contributed by atoms with Gasteiger partial charge in [0, 0.05) is 12.2 Å². The zero-order valence-corrected chi connectivity index (χ0v) is 5.79. The normalized spacial score (nSPS) is 16.8. The molecule has 0 rings (SSSR count). The molecular formula is C5H10O3S. The second kappa shape index (κ2) is 4.78. The molecule has 0 saturated heterocycles. The van der Waals surface area contributed by atoms with Gasteiger partial charge in [-0.1, -0.05) is 0 Å². The van der Waals surface area contributed by atoms with Gasteiger partial charge in [-0.3, -0.25) is 0 Å². The third kappa shape index (κ3) is 3.51. The first kappa shape index (κ1) is 8.94. The number of aliphatic hydroxyl groups excluding tert-OH is 2. The lowest BCUT2D eigenvalue weighted by molar-refractivity contribution is -0.110. The molecule has 9 heavy (non-hydrogen) atoms. The monoisotopic (exact) mass is 150 g/mol. The van der Waals surface area contributed by atoms with E-state index in [4.69, 9.17) is 10.2 Å². The third-order valence-electron chi connectivity index (χ3n) is 0.969. The van der Waals surface area contributed by atoms with Crippen LogP contribution < -0.4 is 0 Å². The van der Waals surface area contributed by atoms with Crippen molar-refractivity contribution in [3.8, 4) is 0 Å². The standard InChI is InChI=1S/C5H10O3S/c6-2-1-4(7)5(8)3-9/h2,4-5,7-9H,1,3H2/t4-,5-/m1/s1. The van der Waals surface area contributed by atoms with Crippen LogP contribution in [0.4, 0.5) is 0 Å². The third-order valence-corrected chi connectivity index (χ3v) is 1.34. The fourth-order valence-electron chi connectivity index (χ4n) is 0.377. The Morgan fingerprint density at radius 3 is 2.33 bits per heavy atom. The van der Waals surface area contributed by atoms with Crippen LogP contribution >= 0.6 is 12.6 Å². The summed E-state index contributed by atoms with van der Waals surface area (Å²) in [7, 11) is 0. The van der Waals surface area contributed by atoms with Crippen molar-refractivity contribution in [2.45, 2.75) is 18.6 Å². The largest absolute Gasteiger partial charge is 0.390 e. The van der Waals surface area contributed by atoms with Crippen molar-refractivity contribution in [1.29, 1.82) is 0 Å². The second-order valence-corrected chi connectivity index (χ2v) is 2.08. The van der Waals surface area contributed by atoms with E-state index in [1.165, 1.54) is 0 Å². The van der Waals surface area contributed by atoms with Crippen LogP contribution in [0.1, 0.15) is 6.42 Å². The SMILES string of the molecule is O=CC[C@@H](O)[C@H](O)CS. The van der Waals surface area contributed by atoms with E-state index in [1.807, 2.05) is 0 Å². The Labute approximate surface area is 59.1 Å². The van der Waals surface area contributed by atoms with Crippen LogP contribution in [0, 0.1) is 0 Å². The maximum atomic E-state index is 9.74. The van der Waals surface area contributed by atoms with E-state index < -0.39 is 12.2 Å². The number of thiol groups is 1. The summed E-state index contributed by atoms with van der Waals surface area (Å²) in [5.74, 6) is 0.176. The van der Waals surface area contributed by atoms with Crippen molar-refractivity contribution in [3.63, 3.8) is 0 Å². The molecule has 2 N–H and O–H groups in total. The predicted molar refractivity (Wildman–Crippen MR) is 36.5 cm³/mol. The molecule has 3 nitrogen and oxygen atoms in total. The number of carbonyl (C=O) groups is 1. The summed E-state index contributed by atoms with van der Waals surface area (Å²) in [5, 5.41) is 17.6. The van der Waals surface area contributed by atoms with Crippen molar-refractivity contribution in [1.82, 2.24) is 0 Å². The van der Waals surface area contributed by atoms with Crippen molar-refractivity contribution >= 4 is 18.9 Å². The molecule has 0 aliphatic rings. The van der Waals surface area contributed by atoms with Crippen LogP contribution in [0.25, 0.3) is 0 Å². The molecule has 0 unspecified atom stereocenters. The molecular weight excluding hydrogens is 140 g/mol. The molecule has 0 aromatic carbocycles. The van der Waals surface area contributed by atoms with Crippen LogP contribution in [0.5, 0.6) is 0 Å².